The molecule has 0 radical (unpaired) electrons. The third-order valence-electron chi connectivity index (χ3n) is 1.81. The van der Waals surface area contributed by atoms with Gasteiger partial charge in [0.2, 0.25) is 5.65 Å². The molecule has 0 aliphatic carbocycles. The van der Waals surface area contributed by atoms with Crippen molar-refractivity contribution in [3.63, 3.8) is 0 Å². The average Bonchev–Trinajstić information content (AvgIpc) is 2.31. The van der Waals surface area contributed by atoms with Gasteiger partial charge in [0.25, 0.3) is 0 Å². The Hall–Kier alpha value is -1.78. The molecule has 2 heterocycles. The van der Waals surface area contributed by atoms with Crippen LogP contribution in [0.25, 0.3) is 11.0 Å². The number of nitrogen functional groups attached to an aromatic ring is 1. The lowest BCUT2D eigenvalue weighted by Crippen LogP contribution is -2.21. The summed E-state index contributed by atoms with van der Waals surface area (Å²) in [4.78, 5) is 19.5. The Morgan fingerprint density at radius 3 is 3.08 bits per heavy atom. The molecule has 0 bridgehead atoms. The zero-order valence-electron chi connectivity index (χ0n) is 6.56. The van der Waals surface area contributed by atoms with E-state index in [9.17, 15) is 4.79 Å². The van der Waals surface area contributed by atoms with Gasteiger partial charge < -0.3 is 5.73 Å². The summed E-state index contributed by atoms with van der Waals surface area (Å²) < 4.78 is 0. The third-order valence-corrected chi connectivity index (χ3v) is 1.81. The topological polar surface area (TPSA) is 88.8 Å². The number of anilines is 1. The van der Waals surface area contributed by atoms with Crippen LogP contribution in [0, 0.1) is 6.92 Å². The molecule has 62 valence electrons. The van der Waals surface area contributed by atoms with Gasteiger partial charge in [0, 0.05) is 6.20 Å². The minimum Gasteiger partial charge on any atom is -0.310 e. The molecule has 0 atom stereocenters. The molecule has 5 N–H and O–H groups in total. The lowest BCUT2D eigenvalue weighted by atomic mass is 10.3. The van der Waals surface area contributed by atoms with Gasteiger partial charge in [0.1, 0.15) is 5.39 Å². The molecule has 5 nitrogen and oxygen atoms in total. The second kappa shape index (κ2) is 2.10. The van der Waals surface area contributed by atoms with Crippen LogP contribution in [-0.2, 0) is 0 Å². The summed E-state index contributed by atoms with van der Waals surface area (Å²) >= 11 is 0. The highest BCUT2D eigenvalue weighted by Gasteiger charge is 2.09. The van der Waals surface area contributed by atoms with E-state index in [1.807, 2.05) is 6.92 Å². The summed E-state index contributed by atoms with van der Waals surface area (Å²) in [6, 6.07) is 0. The Labute approximate surface area is 67.6 Å². The molecule has 0 fully saturated rings. The van der Waals surface area contributed by atoms with Crippen LogP contribution in [0.5, 0.6) is 0 Å². The smallest absolute Gasteiger partial charge is 0.310 e. The fraction of sp³-hybridized carbons (Fsp3) is 0.143. The summed E-state index contributed by atoms with van der Waals surface area (Å²) in [6.07, 6.45) is 1.76. The SMILES string of the molecule is Cc1c[nH]c2[nH+]c(N)[nH]c(=O)c12. The molecule has 5 heteroatoms. The number of nitrogens with one attached hydrogen (secondary N) is 3. The summed E-state index contributed by atoms with van der Waals surface area (Å²) in [6.45, 7) is 1.86. The predicted octanol–water partition coefficient (Wildman–Crippen LogP) is -0.439. The first-order valence-corrected chi connectivity index (χ1v) is 3.57. The maximum atomic E-state index is 11.3. The van der Waals surface area contributed by atoms with Crippen molar-refractivity contribution in [1.82, 2.24) is 9.97 Å². The monoisotopic (exact) mass is 165 g/mol. The van der Waals surface area contributed by atoms with Gasteiger partial charge in [0.15, 0.2) is 0 Å². The molecular weight excluding hydrogens is 156 g/mol. The van der Waals surface area contributed by atoms with Crippen LogP contribution in [0.2, 0.25) is 0 Å². The third kappa shape index (κ3) is 0.795. The number of rotatable bonds is 0. The van der Waals surface area contributed by atoms with Gasteiger partial charge in [0.05, 0.1) is 0 Å². The number of aromatic nitrogens is 3. The first kappa shape index (κ1) is 6.90. The van der Waals surface area contributed by atoms with Crippen molar-refractivity contribution in [2.75, 3.05) is 5.73 Å². The fourth-order valence-corrected chi connectivity index (χ4v) is 1.26. The van der Waals surface area contributed by atoms with Crippen molar-refractivity contribution in [3.05, 3.63) is 22.1 Å². The first-order valence-electron chi connectivity index (χ1n) is 3.57. The molecule has 12 heavy (non-hydrogen) atoms. The molecule has 2 aromatic rings. The van der Waals surface area contributed by atoms with Crippen LogP contribution in [0.15, 0.2) is 11.0 Å². The van der Waals surface area contributed by atoms with Gasteiger partial charge in [-0.1, -0.05) is 0 Å². The van der Waals surface area contributed by atoms with E-state index in [2.05, 4.69) is 15.0 Å². The second-order valence-corrected chi connectivity index (χ2v) is 2.71. The molecule has 0 spiro atoms. The van der Waals surface area contributed by atoms with Crippen molar-refractivity contribution >= 4 is 17.0 Å². The Morgan fingerprint density at radius 2 is 2.33 bits per heavy atom. The van der Waals surface area contributed by atoms with Crippen molar-refractivity contribution in [2.45, 2.75) is 6.92 Å². The zero-order chi connectivity index (χ0) is 8.72. The van der Waals surface area contributed by atoms with E-state index < -0.39 is 0 Å². The molecule has 0 saturated carbocycles. The van der Waals surface area contributed by atoms with Gasteiger partial charge in [-0.05, 0) is 12.5 Å². The lowest BCUT2D eigenvalue weighted by molar-refractivity contribution is -0.333. The Morgan fingerprint density at radius 1 is 1.58 bits per heavy atom. The minimum absolute atomic E-state index is 0.167. The Kier molecular flexibility index (Phi) is 1.21. The molecule has 0 aliphatic heterocycles. The van der Waals surface area contributed by atoms with E-state index in [4.69, 9.17) is 5.73 Å². The van der Waals surface area contributed by atoms with Crippen LogP contribution < -0.4 is 16.3 Å². The number of nitrogens with two attached hydrogens (primary N) is 1. The molecule has 0 unspecified atom stereocenters. The van der Waals surface area contributed by atoms with Crippen molar-refractivity contribution < 1.29 is 4.98 Å². The highest BCUT2D eigenvalue weighted by atomic mass is 16.1. The van der Waals surface area contributed by atoms with Gasteiger partial charge in [-0.3, -0.25) is 9.78 Å². The van der Waals surface area contributed by atoms with Crippen LogP contribution in [-0.4, -0.2) is 9.97 Å². The maximum Gasteiger partial charge on any atom is 0.312 e. The number of hydrogen-bond donors (Lipinski definition) is 3. The minimum atomic E-state index is -0.167. The number of aryl methyl sites for hydroxylation is 1. The summed E-state index contributed by atoms with van der Waals surface area (Å²) in [5.41, 5.74) is 6.80. The van der Waals surface area contributed by atoms with Gasteiger partial charge in [-0.2, -0.15) is 0 Å². The molecule has 2 rings (SSSR count). The van der Waals surface area contributed by atoms with Gasteiger partial charge in [-0.15, -0.1) is 0 Å². The van der Waals surface area contributed by atoms with Crippen LogP contribution >= 0.6 is 0 Å². The van der Waals surface area contributed by atoms with Crippen molar-refractivity contribution in [1.29, 1.82) is 0 Å². The van der Waals surface area contributed by atoms with E-state index in [0.717, 1.165) is 5.56 Å². The zero-order valence-corrected chi connectivity index (χ0v) is 6.56. The van der Waals surface area contributed by atoms with Crippen molar-refractivity contribution in [3.8, 4) is 0 Å². The van der Waals surface area contributed by atoms with Crippen molar-refractivity contribution in [2.24, 2.45) is 0 Å². The van der Waals surface area contributed by atoms with Crippen LogP contribution in [0.1, 0.15) is 5.56 Å². The maximum absolute atomic E-state index is 11.3. The first-order chi connectivity index (χ1) is 5.68. The molecule has 0 saturated heterocycles. The van der Waals surface area contributed by atoms with Gasteiger partial charge >= 0.3 is 11.5 Å². The molecular formula is C7H9N4O+. The van der Waals surface area contributed by atoms with Crippen LogP contribution in [0.3, 0.4) is 0 Å². The Bertz CT molecular complexity index is 482. The fourth-order valence-electron chi connectivity index (χ4n) is 1.26. The second-order valence-electron chi connectivity index (χ2n) is 2.71. The van der Waals surface area contributed by atoms with E-state index in [0.29, 0.717) is 11.0 Å². The standard InChI is InChI=1S/C7H8N4O/c1-3-2-9-5-4(3)6(12)11-7(8)10-5/h2H,1H3,(H4,8,9,10,11,12)/p+1. The quantitative estimate of drug-likeness (QED) is 0.494. The Balaban J connectivity index is 3.03. The largest absolute Gasteiger partial charge is 0.312 e. The average molecular weight is 165 g/mol. The lowest BCUT2D eigenvalue weighted by Gasteiger charge is -1.87. The van der Waals surface area contributed by atoms with Gasteiger partial charge in [-0.25, -0.2) is 9.97 Å². The van der Waals surface area contributed by atoms with Crippen LogP contribution in [0.4, 0.5) is 5.95 Å². The molecule has 0 aliphatic rings. The van der Waals surface area contributed by atoms with E-state index in [1.165, 1.54) is 0 Å². The normalized spacial score (nSPS) is 10.8. The number of hydrogen-bond acceptors (Lipinski definition) is 2. The number of fused-ring (bicyclic) bond motifs is 1. The van der Waals surface area contributed by atoms with E-state index in [-0.39, 0.29) is 11.5 Å². The molecule has 2 aromatic heterocycles. The van der Waals surface area contributed by atoms with E-state index in [1.54, 1.807) is 6.20 Å². The number of aromatic amines is 3. The predicted molar refractivity (Wildman–Crippen MR) is 44.6 cm³/mol. The number of H-pyrrole nitrogens is 3. The summed E-state index contributed by atoms with van der Waals surface area (Å²) in [7, 11) is 0. The molecule has 0 aromatic carbocycles. The highest BCUT2D eigenvalue weighted by molar-refractivity contribution is 5.75. The van der Waals surface area contributed by atoms with E-state index >= 15 is 0 Å². The summed E-state index contributed by atoms with van der Waals surface area (Å²) in [5.74, 6) is 0.259. The summed E-state index contributed by atoms with van der Waals surface area (Å²) in [5, 5.41) is 0.629. The highest BCUT2D eigenvalue weighted by Crippen LogP contribution is 2.06. The molecule has 0 amide bonds.